The SMILES string of the molecule is CCC(C)CCCCCCCCCCC(=O)O[C@H](COC(=O)CCCCCCCCCCC(C)C)COP(=O)(O)OCC(O)COP(=O)(O)OC[C@@H](COC(=O)CCCCCCCCCCCC(C)C)OC(=O)CCCCCCCCC(C)CC. The van der Waals surface area contributed by atoms with Crippen LogP contribution < -0.4 is 0 Å². The molecule has 0 amide bonds. The van der Waals surface area contributed by atoms with Crippen molar-refractivity contribution in [2.24, 2.45) is 23.7 Å². The van der Waals surface area contributed by atoms with Crippen molar-refractivity contribution in [3.8, 4) is 0 Å². The van der Waals surface area contributed by atoms with Crippen molar-refractivity contribution in [1.29, 1.82) is 0 Å². The molecular weight excluding hydrogens is 1130 g/mol. The molecule has 0 saturated carbocycles. The highest BCUT2D eigenvalue weighted by Gasteiger charge is 2.30. The molecule has 0 aliphatic carbocycles. The Hall–Kier alpha value is -1.94. The average molecular weight is 1260 g/mol. The molecule has 0 bridgehead atoms. The number of unbranched alkanes of at least 4 members (excludes halogenated alkanes) is 27. The molecule has 0 spiro atoms. The van der Waals surface area contributed by atoms with E-state index < -0.39 is 97.5 Å². The first-order chi connectivity index (χ1) is 40.7. The molecule has 0 aromatic carbocycles. The Balaban J connectivity index is 5.27. The molecule has 0 heterocycles. The van der Waals surface area contributed by atoms with E-state index in [4.69, 9.17) is 37.0 Å². The monoisotopic (exact) mass is 1250 g/mol. The van der Waals surface area contributed by atoms with Crippen molar-refractivity contribution in [3.63, 3.8) is 0 Å². The fourth-order valence-electron chi connectivity index (χ4n) is 9.72. The lowest BCUT2D eigenvalue weighted by Gasteiger charge is -2.21. The first-order valence-electron chi connectivity index (χ1n) is 34.3. The number of carbonyl (C=O) groups is 4. The Morgan fingerprint density at radius 2 is 0.565 bits per heavy atom. The number of esters is 4. The number of carbonyl (C=O) groups excluding carboxylic acids is 4. The molecule has 7 atom stereocenters. The van der Waals surface area contributed by atoms with Crippen molar-refractivity contribution >= 4 is 39.5 Å². The standard InChI is InChI=1S/C66H128O17P2/c1-9-58(7)44-36-28-20-15-17-23-32-40-48-65(70)82-61(52-77-64(69)47-39-31-22-16-14-19-27-35-43-57(5)6)54-80-84(72,73)78-50-60(67)51-79-85(74,75)81-55-62(83-66(71)49-41-33-25-24-29-37-45-59(8)10-2)53-76-63(68)46-38-30-21-13-11-12-18-26-34-42-56(3)4/h56-62,67H,9-55H2,1-8H3,(H,72,73)(H,74,75)/t58?,59?,60?,61-,62-/m1/s1. The van der Waals surface area contributed by atoms with Crippen molar-refractivity contribution in [1.82, 2.24) is 0 Å². The Morgan fingerprint density at radius 3 is 0.835 bits per heavy atom. The number of aliphatic hydroxyl groups excluding tert-OH is 1. The van der Waals surface area contributed by atoms with Crippen LogP contribution in [0.2, 0.25) is 0 Å². The summed E-state index contributed by atoms with van der Waals surface area (Å²) in [7, 11) is -9.89. The van der Waals surface area contributed by atoms with Gasteiger partial charge in [-0.3, -0.25) is 37.3 Å². The maximum absolute atomic E-state index is 13.0. The van der Waals surface area contributed by atoms with E-state index in [1.807, 2.05) is 0 Å². The largest absolute Gasteiger partial charge is 0.472 e. The van der Waals surface area contributed by atoms with E-state index >= 15 is 0 Å². The van der Waals surface area contributed by atoms with E-state index in [1.165, 1.54) is 122 Å². The summed E-state index contributed by atoms with van der Waals surface area (Å²) in [6.07, 6.45) is 36.2. The minimum Gasteiger partial charge on any atom is -0.462 e. The molecule has 0 aliphatic rings. The summed E-state index contributed by atoms with van der Waals surface area (Å²) in [6, 6.07) is 0. The molecule has 0 aromatic rings. The lowest BCUT2D eigenvalue weighted by molar-refractivity contribution is -0.161. The van der Waals surface area contributed by atoms with Crippen LogP contribution in [0.15, 0.2) is 0 Å². The van der Waals surface area contributed by atoms with Crippen LogP contribution in [0.5, 0.6) is 0 Å². The number of rotatable bonds is 63. The molecule has 0 saturated heterocycles. The quantitative estimate of drug-likeness (QED) is 0.0222. The Morgan fingerprint density at radius 1 is 0.329 bits per heavy atom. The van der Waals surface area contributed by atoms with Gasteiger partial charge in [0, 0.05) is 25.7 Å². The summed E-state index contributed by atoms with van der Waals surface area (Å²) in [5.74, 6) is 0.821. The summed E-state index contributed by atoms with van der Waals surface area (Å²) < 4.78 is 68.1. The first kappa shape index (κ1) is 83.1. The van der Waals surface area contributed by atoms with Crippen LogP contribution in [-0.4, -0.2) is 96.7 Å². The number of ether oxygens (including phenoxy) is 4. The van der Waals surface area contributed by atoms with E-state index in [2.05, 4.69) is 55.4 Å². The van der Waals surface area contributed by atoms with Gasteiger partial charge in [-0.1, -0.05) is 267 Å². The van der Waals surface area contributed by atoms with E-state index in [0.717, 1.165) is 114 Å². The maximum atomic E-state index is 13.0. The third-order valence-corrected chi connectivity index (χ3v) is 17.7. The van der Waals surface area contributed by atoms with Gasteiger partial charge in [-0.15, -0.1) is 0 Å². The minimum absolute atomic E-state index is 0.102. The maximum Gasteiger partial charge on any atom is 0.472 e. The van der Waals surface area contributed by atoms with Gasteiger partial charge in [-0.25, -0.2) is 9.13 Å². The minimum atomic E-state index is -4.95. The molecule has 5 unspecified atom stereocenters. The van der Waals surface area contributed by atoms with Gasteiger partial charge in [0.1, 0.15) is 19.3 Å². The Kier molecular flexibility index (Phi) is 54.8. The van der Waals surface area contributed by atoms with Crippen LogP contribution in [0.4, 0.5) is 0 Å². The summed E-state index contributed by atoms with van der Waals surface area (Å²) >= 11 is 0. The lowest BCUT2D eigenvalue weighted by Crippen LogP contribution is -2.30. The molecule has 0 aromatic heterocycles. The van der Waals surface area contributed by atoms with Gasteiger partial charge in [0.05, 0.1) is 26.4 Å². The fourth-order valence-corrected chi connectivity index (χ4v) is 11.3. The average Bonchev–Trinajstić information content (AvgIpc) is 3.49. The Labute approximate surface area is 517 Å². The van der Waals surface area contributed by atoms with Crippen molar-refractivity contribution in [2.45, 2.75) is 337 Å². The van der Waals surface area contributed by atoms with Gasteiger partial charge in [-0.05, 0) is 49.4 Å². The molecule has 0 fully saturated rings. The van der Waals surface area contributed by atoms with Crippen LogP contribution in [0.3, 0.4) is 0 Å². The van der Waals surface area contributed by atoms with Crippen LogP contribution in [0.25, 0.3) is 0 Å². The topological polar surface area (TPSA) is 237 Å². The van der Waals surface area contributed by atoms with Gasteiger partial charge >= 0.3 is 39.5 Å². The molecule has 0 aliphatic heterocycles. The number of hydrogen-bond donors (Lipinski definition) is 3. The van der Waals surface area contributed by atoms with E-state index in [9.17, 15) is 43.2 Å². The summed E-state index contributed by atoms with van der Waals surface area (Å²) in [5.41, 5.74) is 0. The molecule has 0 rings (SSSR count). The summed E-state index contributed by atoms with van der Waals surface area (Å²) in [4.78, 5) is 72.3. The highest BCUT2D eigenvalue weighted by atomic mass is 31.2. The third kappa shape index (κ3) is 58.2. The van der Waals surface area contributed by atoms with E-state index in [-0.39, 0.29) is 25.7 Å². The van der Waals surface area contributed by atoms with Gasteiger partial charge in [0.25, 0.3) is 0 Å². The second-order valence-electron chi connectivity index (χ2n) is 25.3. The smallest absolute Gasteiger partial charge is 0.462 e. The predicted octanol–water partition coefficient (Wildman–Crippen LogP) is 18.1. The second kappa shape index (κ2) is 56.1. The zero-order valence-electron chi connectivity index (χ0n) is 55.2. The molecule has 19 heteroatoms. The lowest BCUT2D eigenvalue weighted by atomic mass is 9.99. The highest BCUT2D eigenvalue weighted by molar-refractivity contribution is 7.47. The molecule has 17 nitrogen and oxygen atoms in total. The molecule has 504 valence electrons. The zero-order chi connectivity index (χ0) is 63.2. The van der Waals surface area contributed by atoms with Gasteiger partial charge in [-0.2, -0.15) is 0 Å². The first-order valence-corrected chi connectivity index (χ1v) is 37.3. The second-order valence-corrected chi connectivity index (χ2v) is 28.2. The van der Waals surface area contributed by atoms with E-state index in [0.29, 0.717) is 25.7 Å². The van der Waals surface area contributed by atoms with Crippen LogP contribution in [0, 0.1) is 23.7 Å². The number of phosphoric acid groups is 2. The van der Waals surface area contributed by atoms with Crippen LogP contribution in [-0.2, 0) is 65.4 Å². The fraction of sp³-hybridized carbons (Fsp3) is 0.939. The summed E-state index contributed by atoms with van der Waals surface area (Å²) in [6.45, 7) is 14.0. The van der Waals surface area contributed by atoms with E-state index in [1.54, 1.807) is 0 Å². The van der Waals surface area contributed by atoms with Gasteiger partial charge in [0.15, 0.2) is 12.2 Å². The Bertz CT molecular complexity index is 1700. The molecule has 85 heavy (non-hydrogen) atoms. The molecule has 3 N–H and O–H groups in total. The normalized spacial score (nSPS) is 15.0. The predicted molar refractivity (Wildman–Crippen MR) is 340 cm³/mol. The van der Waals surface area contributed by atoms with Gasteiger partial charge < -0.3 is 33.8 Å². The highest BCUT2D eigenvalue weighted by Crippen LogP contribution is 2.45. The van der Waals surface area contributed by atoms with Gasteiger partial charge in [0.2, 0.25) is 0 Å². The zero-order valence-corrected chi connectivity index (χ0v) is 57.0. The number of aliphatic hydroxyl groups is 1. The number of phosphoric ester groups is 2. The van der Waals surface area contributed by atoms with Crippen molar-refractivity contribution in [2.75, 3.05) is 39.6 Å². The number of hydrogen-bond acceptors (Lipinski definition) is 15. The third-order valence-electron chi connectivity index (χ3n) is 15.8. The molecular formula is C66H128O17P2. The summed E-state index contributed by atoms with van der Waals surface area (Å²) in [5, 5.41) is 10.6. The molecule has 0 radical (unpaired) electrons. The van der Waals surface area contributed by atoms with Crippen molar-refractivity contribution in [3.05, 3.63) is 0 Å². The van der Waals surface area contributed by atoms with Crippen LogP contribution in [0.1, 0.15) is 319 Å². The van der Waals surface area contributed by atoms with Crippen LogP contribution >= 0.6 is 15.6 Å². The van der Waals surface area contributed by atoms with Crippen molar-refractivity contribution < 1.29 is 80.2 Å².